The highest BCUT2D eigenvalue weighted by molar-refractivity contribution is 9.10. The lowest BCUT2D eigenvalue weighted by Crippen LogP contribution is -2.51. The third kappa shape index (κ3) is 2.90. The molecule has 0 aliphatic rings. The Morgan fingerprint density at radius 2 is 2.06 bits per heavy atom. The quantitative estimate of drug-likeness (QED) is 0.898. The Labute approximate surface area is 115 Å². The van der Waals surface area contributed by atoms with Gasteiger partial charge in [-0.05, 0) is 38.0 Å². The van der Waals surface area contributed by atoms with Crippen molar-refractivity contribution in [3.05, 3.63) is 33.8 Å². The second-order valence-electron chi connectivity index (χ2n) is 4.36. The lowest BCUT2D eigenvalue weighted by Gasteiger charge is -2.25. The van der Waals surface area contributed by atoms with Gasteiger partial charge >= 0.3 is 5.97 Å². The van der Waals surface area contributed by atoms with Crippen molar-refractivity contribution in [1.82, 2.24) is 5.32 Å². The van der Waals surface area contributed by atoms with Crippen LogP contribution in [-0.2, 0) is 4.79 Å². The van der Waals surface area contributed by atoms with Crippen LogP contribution in [-0.4, -0.2) is 22.5 Å². The van der Waals surface area contributed by atoms with Gasteiger partial charge in [0.2, 0.25) is 0 Å². The van der Waals surface area contributed by atoms with Gasteiger partial charge in [-0.1, -0.05) is 28.9 Å². The molecule has 0 aromatic heterocycles. The molecule has 2 N–H and O–H groups in total. The molecule has 5 heteroatoms. The van der Waals surface area contributed by atoms with E-state index >= 15 is 0 Å². The second-order valence-corrected chi connectivity index (χ2v) is 5.21. The molecular formula is C13H16BrNO3. The monoisotopic (exact) mass is 313 g/mol. The molecule has 0 saturated carbocycles. The van der Waals surface area contributed by atoms with Gasteiger partial charge < -0.3 is 10.4 Å². The molecule has 0 fully saturated rings. The maximum absolute atomic E-state index is 12.1. The molecule has 0 spiro atoms. The molecule has 0 bridgehead atoms. The SMILES string of the molecule is CCC(C)(NC(=O)c1cccc(Br)c1C)C(=O)O. The van der Waals surface area contributed by atoms with Crippen LogP contribution in [0.25, 0.3) is 0 Å². The maximum atomic E-state index is 12.1. The number of benzene rings is 1. The molecule has 1 rings (SSSR count). The van der Waals surface area contributed by atoms with Crippen LogP contribution in [0.5, 0.6) is 0 Å². The normalized spacial score (nSPS) is 13.8. The molecule has 0 heterocycles. The molecule has 0 radical (unpaired) electrons. The van der Waals surface area contributed by atoms with Crippen molar-refractivity contribution in [2.45, 2.75) is 32.7 Å². The summed E-state index contributed by atoms with van der Waals surface area (Å²) in [5.74, 6) is -1.41. The zero-order valence-corrected chi connectivity index (χ0v) is 12.2. The molecule has 0 aliphatic heterocycles. The van der Waals surface area contributed by atoms with Gasteiger partial charge in [-0.3, -0.25) is 4.79 Å². The van der Waals surface area contributed by atoms with Crippen molar-refractivity contribution < 1.29 is 14.7 Å². The average molecular weight is 314 g/mol. The van der Waals surface area contributed by atoms with Crippen LogP contribution in [0.15, 0.2) is 22.7 Å². The van der Waals surface area contributed by atoms with E-state index in [2.05, 4.69) is 21.2 Å². The molecule has 1 atom stereocenters. The first-order chi connectivity index (χ1) is 8.31. The van der Waals surface area contributed by atoms with Crippen LogP contribution in [0.3, 0.4) is 0 Å². The number of nitrogens with one attached hydrogen (secondary N) is 1. The largest absolute Gasteiger partial charge is 0.480 e. The van der Waals surface area contributed by atoms with Gasteiger partial charge in [-0.15, -0.1) is 0 Å². The van der Waals surface area contributed by atoms with Gasteiger partial charge in [0.15, 0.2) is 0 Å². The smallest absolute Gasteiger partial charge is 0.329 e. The number of aliphatic carboxylic acids is 1. The number of carbonyl (C=O) groups excluding carboxylic acids is 1. The van der Waals surface area contributed by atoms with E-state index in [1.54, 1.807) is 19.1 Å². The maximum Gasteiger partial charge on any atom is 0.329 e. The summed E-state index contributed by atoms with van der Waals surface area (Å²) >= 11 is 3.34. The van der Waals surface area contributed by atoms with Crippen molar-refractivity contribution in [3.8, 4) is 0 Å². The van der Waals surface area contributed by atoms with E-state index in [4.69, 9.17) is 5.11 Å². The zero-order chi connectivity index (χ0) is 13.9. The minimum absolute atomic E-state index is 0.321. The summed E-state index contributed by atoms with van der Waals surface area (Å²) in [5.41, 5.74) is 0.0235. The van der Waals surface area contributed by atoms with E-state index in [0.29, 0.717) is 12.0 Å². The first-order valence-corrected chi connectivity index (χ1v) is 6.42. The second kappa shape index (κ2) is 5.52. The summed E-state index contributed by atoms with van der Waals surface area (Å²) in [4.78, 5) is 23.2. The molecule has 4 nitrogen and oxygen atoms in total. The van der Waals surface area contributed by atoms with Gasteiger partial charge in [0.1, 0.15) is 5.54 Å². The standard InChI is InChI=1S/C13H16BrNO3/c1-4-13(3,12(17)18)15-11(16)9-6-5-7-10(14)8(9)2/h5-7H,4H2,1-3H3,(H,15,16)(H,17,18). The first kappa shape index (κ1) is 14.7. The fourth-order valence-corrected chi connectivity index (χ4v) is 1.83. The number of carboxylic acid groups (broad SMARTS) is 1. The lowest BCUT2D eigenvalue weighted by molar-refractivity contribution is -0.143. The number of rotatable bonds is 4. The Bertz CT molecular complexity index is 487. The van der Waals surface area contributed by atoms with E-state index in [1.165, 1.54) is 6.92 Å². The summed E-state index contributed by atoms with van der Waals surface area (Å²) in [7, 11) is 0. The van der Waals surface area contributed by atoms with Crippen LogP contribution >= 0.6 is 15.9 Å². The number of amides is 1. The van der Waals surface area contributed by atoms with E-state index in [-0.39, 0.29) is 5.91 Å². The van der Waals surface area contributed by atoms with Crippen molar-refractivity contribution in [2.24, 2.45) is 0 Å². The lowest BCUT2D eigenvalue weighted by atomic mass is 9.98. The Kier molecular flexibility index (Phi) is 4.51. The Balaban J connectivity index is 3.02. The average Bonchev–Trinajstić information content (AvgIpc) is 2.32. The minimum atomic E-state index is -1.24. The highest BCUT2D eigenvalue weighted by Crippen LogP contribution is 2.20. The third-order valence-electron chi connectivity index (χ3n) is 3.08. The summed E-state index contributed by atoms with van der Waals surface area (Å²) in [6.45, 7) is 5.03. The zero-order valence-electron chi connectivity index (χ0n) is 10.6. The molecule has 1 aromatic rings. The molecule has 98 valence electrons. The topological polar surface area (TPSA) is 66.4 Å². The van der Waals surface area contributed by atoms with Crippen molar-refractivity contribution >= 4 is 27.8 Å². The van der Waals surface area contributed by atoms with Crippen molar-refractivity contribution in [3.63, 3.8) is 0 Å². The summed E-state index contributed by atoms with van der Waals surface area (Å²) in [6.07, 6.45) is 0.321. The number of carbonyl (C=O) groups is 2. The Hall–Kier alpha value is -1.36. The minimum Gasteiger partial charge on any atom is -0.480 e. The molecule has 0 aliphatic carbocycles. The molecule has 1 amide bonds. The van der Waals surface area contributed by atoms with Gasteiger partial charge in [0.05, 0.1) is 0 Å². The first-order valence-electron chi connectivity index (χ1n) is 5.63. The predicted octanol–water partition coefficient (Wildman–Crippen LogP) is 2.74. The van der Waals surface area contributed by atoms with Crippen LogP contribution in [0.1, 0.15) is 36.2 Å². The molecular weight excluding hydrogens is 298 g/mol. The summed E-state index contributed by atoms with van der Waals surface area (Å²) in [5, 5.41) is 11.7. The van der Waals surface area contributed by atoms with Crippen LogP contribution in [0.2, 0.25) is 0 Å². The summed E-state index contributed by atoms with van der Waals surface area (Å²) < 4.78 is 0.823. The van der Waals surface area contributed by atoms with Gasteiger partial charge in [-0.2, -0.15) is 0 Å². The van der Waals surface area contributed by atoms with Gasteiger partial charge in [0.25, 0.3) is 5.91 Å². The third-order valence-corrected chi connectivity index (χ3v) is 3.94. The summed E-state index contributed by atoms with van der Waals surface area (Å²) in [6, 6.07) is 5.26. The fourth-order valence-electron chi connectivity index (χ4n) is 1.46. The molecule has 18 heavy (non-hydrogen) atoms. The van der Waals surface area contributed by atoms with Crippen molar-refractivity contribution in [2.75, 3.05) is 0 Å². The Morgan fingerprint density at radius 1 is 1.44 bits per heavy atom. The number of halogens is 1. The van der Waals surface area contributed by atoms with Crippen molar-refractivity contribution in [1.29, 1.82) is 0 Å². The van der Waals surface area contributed by atoms with Crippen LogP contribution < -0.4 is 5.32 Å². The fraction of sp³-hybridized carbons (Fsp3) is 0.385. The molecule has 1 unspecified atom stereocenters. The highest BCUT2D eigenvalue weighted by Gasteiger charge is 2.33. The number of hydrogen-bond acceptors (Lipinski definition) is 2. The van der Waals surface area contributed by atoms with E-state index in [9.17, 15) is 9.59 Å². The van der Waals surface area contributed by atoms with E-state index in [1.807, 2.05) is 13.0 Å². The number of hydrogen-bond donors (Lipinski definition) is 2. The van der Waals surface area contributed by atoms with Crippen LogP contribution in [0.4, 0.5) is 0 Å². The van der Waals surface area contributed by atoms with Gasteiger partial charge in [-0.25, -0.2) is 4.79 Å². The Morgan fingerprint density at radius 3 is 2.56 bits per heavy atom. The highest BCUT2D eigenvalue weighted by atomic mass is 79.9. The molecule has 0 saturated heterocycles. The van der Waals surface area contributed by atoms with Crippen LogP contribution in [0, 0.1) is 6.92 Å². The van der Waals surface area contributed by atoms with E-state index in [0.717, 1.165) is 10.0 Å². The number of carboxylic acids is 1. The molecule has 1 aromatic carbocycles. The van der Waals surface area contributed by atoms with Gasteiger partial charge in [0, 0.05) is 10.0 Å². The predicted molar refractivity (Wildman–Crippen MR) is 72.7 cm³/mol. The van der Waals surface area contributed by atoms with E-state index < -0.39 is 11.5 Å².